The molecule has 2 N–H and O–H groups in total. The first kappa shape index (κ1) is 26.6. The van der Waals surface area contributed by atoms with E-state index in [9.17, 15) is 4.39 Å². The molecule has 0 amide bonds. The SMILES string of the molecule is C=C/C(=C\C=C(/C)CC1CCN(C)CC1)NC(=C)Cc1cc(F)cc(C(C)(C)/C=N\NC)c1. The summed E-state index contributed by atoms with van der Waals surface area (Å²) in [5.74, 6) is 0.513. The van der Waals surface area contributed by atoms with Gasteiger partial charge in [-0.15, -0.1) is 0 Å². The van der Waals surface area contributed by atoms with E-state index in [-0.39, 0.29) is 5.82 Å². The normalized spacial score (nSPS) is 16.8. The molecule has 5 heteroatoms. The van der Waals surface area contributed by atoms with E-state index in [0.717, 1.165) is 34.9 Å². The summed E-state index contributed by atoms with van der Waals surface area (Å²) in [6.07, 6.45) is 12.0. The third kappa shape index (κ3) is 9.01. The molecule has 1 aliphatic heterocycles. The van der Waals surface area contributed by atoms with Gasteiger partial charge in [0.2, 0.25) is 0 Å². The summed E-state index contributed by atoms with van der Waals surface area (Å²) in [6, 6.07) is 5.14. The highest BCUT2D eigenvalue weighted by Gasteiger charge is 2.20. The molecule has 2 rings (SSSR count). The summed E-state index contributed by atoms with van der Waals surface area (Å²) >= 11 is 0. The van der Waals surface area contributed by atoms with E-state index in [2.05, 4.69) is 60.0 Å². The van der Waals surface area contributed by atoms with Gasteiger partial charge >= 0.3 is 0 Å². The van der Waals surface area contributed by atoms with Gasteiger partial charge in [0, 0.05) is 36.5 Å². The summed E-state index contributed by atoms with van der Waals surface area (Å²) in [4.78, 5) is 2.40. The van der Waals surface area contributed by atoms with Gasteiger partial charge in [-0.25, -0.2) is 4.39 Å². The molecular weight excluding hydrogens is 411 g/mol. The molecule has 0 saturated carbocycles. The second kappa shape index (κ2) is 12.5. The number of nitrogens with one attached hydrogen (secondary N) is 2. The highest BCUT2D eigenvalue weighted by atomic mass is 19.1. The quantitative estimate of drug-likeness (QED) is 0.257. The molecule has 0 atom stereocenters. The van der Waals surface area contributed by atoms with Gasteiger partial charge in [0.25, 0.3) is 0 Å². The van der Waals surface area contributed by atoms with Crippen LogP contribution in [0.15, 0.2) is 71.7 Å². The molecule has 1 heterocycles. The number of hydrogen-bond acceptors (Lipinski definition) is 4. The van der Waals surface area contributed by atoms with Crippen molar-refractivity contribution in [3.05, 3.63) is 83.5 Å². The molecule has 1 fully saturated rings. The monoisotopic (exact) mass is 452 g/mol. The summed E-state index contributed by atoms with van der Waals surface area (Å²) < 4.78 is 14.3. The lowest BCUT2D eigenvalue weighted by Crippen LogP contribution is -2.30. The summed E-state index contributed by atoms with van der Waals surface area (Å²) in [7, 11) is 3.94. The standard InChI is InChI=1S/C28H41FN4/c1-8-27(10-9-21(2)15-23-11-13-33(7)14-12-23)32-22(3)16-24-17-25(19-26(29)18-24)28(4,5)20-31-30-6/h8-10,17-20,23,30,32H,1,3,11-16H2,2,4-7H3/b21-9+,27-10+,31-20-. The van der Waals surface area contributed by atoms with Crippen molar-refractivity contribution in [1.29, 1.82) is 0 Å². The number of hydrogen-bond donors (Lipinski definition) is 2. The highest BCUT2D eigenvalue weighted by molar-refractivity contribution is 5.72. The maximum absolute atomic E-state index is 14.3. The third-order valence-corrected chi connectivity index (χ3v) is 6.17. The number of nitrogens with zero attached hydrogens (tertiary/aromatic N) is 2. The molecule has 0 unspecified atom stereocenters. The molecule has 0 aliphatic carbocycles. The Hall–Kier alpha value is -2.66. The lowest BCUT2D eigenvalue weighted by molar-refractivity contribution is 0.219. The van der Waals surface area contributed by atoms with Gasteiger partial charge in [-0.3, -0.25) is 0 Å². The maximum Gasteiger partial charge on any atom is 0.123 e. The molecular formula is C28H41FN4. The van der Waals surface area contributed by atoms with Crippen molar-refractivity contribution in [2.24, 2.45) is 11.0 Å². The number of piperidine rings is 1. The van der Waals surface area contributed by atoms with Crippen LogP contribution in [0, 0.1) is 11.7 Å². The first-order valence-corrected chi connectivity index (χ1v) is 11.8. The molecule has 0 aromatic heterocycles. The molecule has 1 aromatic carbocycles. The molecule has 1 aliphatic rings. The Labute approximate surface area is 200 Å². The van der Waals surface area contributed by atoms with Crippen LogP contribution in [0.25, 0.3) is 0 Å². The number of hydrazone groups is 1. The number of halogens is 1. The zero-order valence-electron chi connectivity index (χ0n) is 21.0. The largest absolute Gasteiger partial charge is 0.359 e. The van der Waals surface area contributed by atoms with E-state index in [1.54, 1.807) is 31.5 Å². The van der Waals surface area contributed by atoms with Gasteiger partial charge < -0.3 is 15.6 Å². The van der Waals surface area contributed by atoms with Gasteiger partial charge in [-0.2, -0.15) is 5.10 Å². The zero-order chi connectivity index (χ0) is 24.4. The Morgan fingerprint density at radius 3 is 2.58 bits per heavy atom. The van der Waals surface area contributed by atoms with Crippen LogP contribution in [0.3, 0.4) is 0 Å². The van der Waals surface area contributed by atoms with Crippen molar-refractivity contribution in [2.45, 2.75) is 51.9 Å². The Morgan fingerprint density at radius 2 is 1.94 bits per heavy atom. The van der Waals surface area contributed by atoms with Crippen LogP contribution >= 0.6 is 0 Å². The van der Waals surface area contributed by atoms with E-state index in [4.69, 9.17) is 0 Å². The number of rotatable bonds is 11. The smallest absolute Gasteiger partial charge is 0.123 e. The fraction of sp³-hybridized carbons (Fsp3) is 0.464. The molecule has 1 saturated heterocycles. The molecule has 0 bridgehead atoms. The predicted octanol–water partition coefficient (Wildman–Crippen LogP) is 5.70. The third-order valence-electron chi connectivity index (χ3n) is 6.17. The van der Waals surface area contributed by atoms with Crippen LogP contribution in [-0.2, 0) is 11.8 Å². The number of allylic oxidation sites excluding steroid dienone is 5. The summed E-state index contributed by atoms with van der Waals surface area (Å²) in [6.45, 7) is 16.7. The van der Waals surface area contributed by atoms with Gasteiger partial charge in [0.15, 0.2) is 0 Å². The minimum absolute atomic E-state index is 0.256. The summed E-state index contributed by atoms with van der Waals surface area (Å²) in [5, 5.41) is 7.44. The van der Waals surface area contributed by atoms with Crippen LogP contribution < -0.4 is 10.7 Å². The van der Waals surface area contributed by atoms with Crippen LogP contribution in [0.4, 0.5) is 4.39 Å². The van der Waals surface area contributed by atoms with Crippen LogP contribution in [-0.4, -0.2) is 38.3 Å². The molecule has 180 valence electrons. The van der Waals surface area contributed by atoms with Crippen molar-refractivity contribution >= 4 is 6.21 Å². The second-order valence-electron chi connectivity index (χ2n) is 9.75. The Bertz CT molecular complexity index is 902. The average molecular weight is 453 g/mol. The molecule has 33 heavy (non-hydrogen) atoms. The molecule has 0 spiro atoms. The van der Waals surface area contributed by atoms with Crippen molar-refractivity contribution in [2.75, 3.05) is 27.2 Å². The van der Waals surface area contributed by atoms with Gasteiger partial charge in [0.05, 0.1) is 0 Å². The minimum atomic E-state index is -0.392. The van der Waals surface area contributed by atoms with Crippen molar-refractivity contribution in [1.82, 2.24) is 15.6 Å². The average Bonchev–Trinajstić information content (AvgIpc) is 2.76. The lowest BCUT2D eigenvalue weighted by atomic mass is 9.84. The second-order valence-corrected chi connectivity index (χ2v) is 9.75. The Kier molecular flexibility index (Phi) is 10.1. The van der Waals surface area contributed by atoms with Crippen molar-refractivity contribution in [3.63, 3.8) is 0 Å². The zero-order valence-corrected chi connectivity index (χ0v) is 21.0. The van der Waals surface area contributed by atoms with Crippen LogP contribution in [0.1, 0.15) is 51.2 Å². The maximum atomic E-state index is 14.3. The number of benzene rings is 1. The molecule has 4 nitrogen and oxygen atoms in total. The Balaban J connectivity index is 2.01. The van der Waals surface area contributed by atoms with Gasteiger partial charge in [-0.05, 0) is 87.7 Å². The highest BCUT2D eigenvalue weighted by Crippen LogP contribution is 2.25. The fourth-order valence-electron chi connectivity index (χ4n) is 4.10. The molecule has 1 aromatic rings. The van der Waals surface area contributed by atoms with E-state index < -0.39 is 5.41 Å². The van der Waals surface area contributed by atoms with Gasteiger partial charge in [-0.1, -0.05) is 44.7 Å². The first-order valence-electron chi connectivity index (χ1n) is 11.8. The first-order chi connectivity index (χ1) is 15.6. The van der Waals surface area contributed by atoms with E-state index in [1.165, 1.54) is 31.5 Å². The topological polar surface area (TPSA) is 39.7 Å². The minimum Gasteiger partial charge on any atom is -0.359 e. The van der Waals surface area contributed by atoms with Crippen LogP contribution in [0.2, 0.25) is 0 Å². The van der Waals surface area contributed by atoms with Crippen molar-refractivity contribution in [3.8, 4) is 0 Å². The van der Waals surface area contributed by atoms with Crippen molar-refractivity contribution < 1.29 is 4.39 Å². The predicted molar refractivity (Wildman–Crippen MR) is 140 cm³/mol. The lowest BCUT2D eigenvalue weighted by Gasteiger charge is -2.29. The summed E-state index contributed by atoms with van der Waals surface area (Å²) in [5.41, 5.74) is 7.16. The van der Waals surface area contributed by atoms with E-state index >= 15 is 0 Å². The van der Waals surface area contributed by atoms with E-state index in [0.29, 0.717) is 6.42 Å². The fourth-order valence-corrected chi connectivity index (χ4v) is 4.10. The molecule has 0 radical (unpaired) electrons. The Morgan fingerprint density at radius 1 is 1.24 bits per heavy atom. The van der Waals surface area contributed by atoms with Crippen LogP contribution in [0.5, 0.6) is 0 Å². The van der Waals surface area contributed by atoms with Gasteiger partial charge in [0.1, 0.15) is 5.82 Å². The number of likely N-dealkylation sites (tertiary alicyclic amines) is 1. The van der Waals surface area contributed by atoms with E-state index in [1.807, 2.05) is 19.9 Å².